The van der Waals surface area contributed by atoms with Crippen LogP contribution in [-0.2, 0) is 19.2 Å². The van der Waals surface area contributed by atoms with Crippen LogP contribution in [0.15, 0.2) is 0 Å². The minimum atomic E-state index is -1.08. The van der Waals surface area contributed by atoms with Crippen LogP contribution in [0.5, 0.6) is 0 Å². The second-order valence-corrected chi connectivity index (χ2v) is 1.97. The Bertz CT molecular complexity index is 171. The molecule has 96 valence electrons. The molecule has 0 amide bonds. The van der Waals surface area contributed by atoms with Crippen molar-refractivity contribution in [1.29, 1.82) is 0 Å². The molecule has 0 heterocycles. The van der Waals surface area contributed by atoms with E-state index in [1.54, 1.807) is 0 Å². The summed E-state index contributed by atoms with van der Waals surface area (Å²) in [5, 5.41) is 35.6. The van der Waals surface area contributed by atoms with Crippen LogP contribution in [0.3, 0.4) is 0 Å². The van der Waals surface area contributed by atoms with Crippen molar-refractivity contribution in [2.24, 2.45) is 0 Å². The predicted molar refractivity (Wildman–Crippen MR) is 48.5 cm³/mol. The van der Waals surface area contributed by atoms with E-state index in [9.17, 15) is 0 Å². The molecular weight excluding hydrogens is 294 g/mol. The van der Waals surface area contributed by atoms with Gasteiger partial charge in [0.15, 0.2) is 0 Å². The molecule has 0 unspecified atom stereocenters. The molecule has 0 rings (SSSR count). The van der Waals surface area contributed by atoms with Gasteiger partial charge in [0.25, 0.3) is 0 Å². The van der Waals surface area contributed by atoms with Gasteiger partial charge >= 0.3 is 82.2 Å². The number of carboxylic acids is 4. The zero-order valence-electron chi connectivity index (χ0n) is 12.0. The topological polar surface area (TPSA) is 161 Å². The van der Waals surface area contributed by atoms with Crippen LogP contribution in [0.2, 0.25) is 0 Å². The Balaban J connectivity index is -0.0000000192. The third-order valence-electron chi connectivity index (χ3n) is 0. The molecule has 11 heteroatoms. The van der Waals surface area contributed by atoms with Gasteiger partial charge in [-0.1, -0.05) is 0 Å². The zero-order chi connectivity index (χ0) is 14.3. The van der Waals surface area contributed by atoms with Crippen molar-refractivity contribution < 1.29 is 98.7 Å². The molecule has 0 atom stereocenters. The Hall–Kier alpha value is 0.646. The molecule has 0 fully saturated rings. The maximum absolute atomic E-state index is 8.89. The van der Waals surface area contributed by atoms with Gasteiger partial charge in [-0.25, -0.2) is 0 Å². The first-order valence-electron chi connectivity index (χ1n) is 3.63. The van der Waals surface area contributed by atoms with Crippen LogP contribution < -0.4 is 79.5 Å². The van der Waals surface area contributed by atoms with Crippen molar-refractivity contribution in [3.05, 3.63) is 0 Å². The van der Waals surface area contributed by atoms with E-state index in [1.807, 2.05) is 0 Å². The van der Waals surface area contributed by atoms with Crippen molar-refractivity contribution in [3.63, 3.8) is 0 Å². The van der Waals surface area contributed by atoms with Gasteiger partial charge in [-0.2, -0.15) is 0 Å². The Morgan fingerprint density at radius 3 is 0.526 bits per heavy atom. The number of hydrogen-bond donors (Lipinski definition) is 0. The maximum atomic E-state index is 8.89. The molecule has 0 aromatic heterocycles. The molecule has 0 N–H and O–H groups in total. The van der Waals surface area contributed by atoms with E-state index in [0.29, 0.717) is 0 Å². The fraction of sp³-hybridized carbons (Fsp3) is 0.500. The summed E-state index contributed by atoms with van der Waals surface area (Å²) >= 11 is 0. The average Bonchev–Trinajstić information content (AvgIpc) is 1.76. The minimum Gasteiger partial charge on any atom is -0.550 e. The van der Waals surface area contributed by atoms with E-state index < -0.39 is 23.9 Å². The van der Waals surface area contributed by atoms with E-state index in [1.165, 1.54) is 0 Å². The molecule has 19 heavy (non-hydrogen) atoms. The summed E-state index contributed by atoms with van der Waals surface area (Å²) in [5.41, 5.74) is 0. The van der Waals surface area contributed by atoms with E-state index in [-0.39, 0.29) is 82.2 Å². The fourth-order valence-electron chi connectivity index (χ4n) is 0. The minimum absolute atomic E-state index is 0. The molecule has 0 saturated heterocycles. The van der Waals surface area contributed by atoms with E-state index in [2.05, 4.69) is 0 Å². The first-order valence-corrected chi connectivity index (χ1v) is 3.63. The number of carbonyl (C=O) groups is 4. The normalized spacial score (nSPS) is 5.26. The number of aliphatic carboxylic acids is 4. The second kappa shape index (κ2) is 36.3. The summed E-state index contributed by atoms with van der Waals surface area (Å²) in [6, 6.07) is 0. The van der Waals surface area contributed by atoms with Gasteiger partial charge in [0.1, 0.15) is 0 Å². The number of carbonyl (C=O) groups excluding carboxylic acids is 4. The SMILES string of the molecule is CC(=O)[O-].CC(=O)[O-].CC(=O)[O-].CC(=O)[O-].[Mg+2].[Na+].[Na+]. The molecule has 0 aliphatic heterocycles. The molecule has 0 saturated carbocycles. The molecule has 0 spiro atoms. The van der Waals surface area contributed by atoms with Gasteiger partial charge in [0, 0.05) is 23.9 Å². The van der Waals surface area contributed by atoms with Crippen molar-refractivity contribution >= 4 is 46.9 Å². The monoisotopic (exact) mass is 306 g/mol. The van der Waals surface area contributed by atoms with Crippen LogP contribution >= 0.6 is 0 Å². The molecule has 0 radical (unpaired) electrons. The summed E-state index contributed by atoms with van der Waals surface area (Å²) in [4.78, 5) is 35.6. The summed E-state index contributed by atoms with van der Waals surface area (Å²) in [6.45, 7) is 3.89. The first-order chi connectivity index (χ1) is 6.93. The molecule has 8 nitrogen and oxygen atoms in total. The van der Waals surface area contributed by atoms with Gasteiger partial charge in [0.2, 0.25) is 0 Å². The third kappa shape index (κ3) is 12400. The Morgan fingerprint density at radius 2 is 0.526 bits per heavy atom. The van der Waals surface area contributed by atoms with Gasteiger partial charge in [-0.15, -0.1) is 0 Å². The predicted octanol–water partition coefficient (Wildman–Crippen LogP) is -11.3. The zero-order valence-corrected chi connectivity index (χ0v) is 17.4. The van der Waals surface area contributed by atoms with Crippen LogP contribution in [-0.4, -0.2) is 46.9 Å². The fourth-order valence-corrected chi connectivity index (χ4v) is 0. The average molecular weight is 306 g/mol. The Labute approximate surface area is 171 Å². The molecular formula is C8H12MgNa2O8. The first kappa shape index (κ1) is 42.7. The van der Waals surface area contributed by atoms with Gasteiger partial charge in [-0.3, -0.25) is 0 Å². The van der Waals surface area contributed by atoms with Gasteiger partial charge < -0.3 is 39.6 Å². The quantitative estimate of drug-likeness (QED) is 0.398. The molecule has 0 aromatic rings. The van der Waals surface area contributed by atoms with E-state index in [4.69, 9.17) is 39.6 Å². The Kier molecular flexibility index (Phi) is 81.6. The van der Waals surface area contributed by atoms with Crippen LogP contribution in [0, 0.1) is 0 Å². The maximum Gasteiger partial charge on any atom is 2.00 e. The largest absolute Gasteiger partial charge is 2.00 e. The van der Waals surface area contributed by atoms with Crippen molar-refractivity contribution in [2.45, 2.75) is 27.7 Å². The summed E-state index contributed by atoms with van der Waals surface area (Å²) in [5.74, 6) is -4.33. The van der Waals surface area contributed by atoms with Crippen molar-refractivity contribution in [3.8, 4) is 0 Å². The molecule has 0 aliphatic rings. The molecule has 0 aliphatic carbocycles. The van der Waals surface area contributed by atoms with Crippen LogP contribution in [0.25, 0.3) is 0 Å². The van der Waals surface area contributed by atoms with Crippen LogP contribution in [0.1, 0.15) is 27.7 Å². The third-order valence-corrected chi connectivity index (χ3v) is 0. The summed E-state index contributed by atoms with van der Waals surface area (Å²) in [6.07, 6.45) is 0. The van der Waals surface area contributed by atoms with E-state index >= 15 is 0 Å². The van der Waals surface area contributed by atoms with E-state index in [0.717, 1.165) is 27.7 Å². The van der Waals surface area contributed by atoms with Crippen molar-refractivity contribution in [2.75, 3.05) is 0 Å². The standard InChI is InChI=1S/4C2H4O2.Mg.2Na/c4*1-2(3)4;;;/h4*1H3,(H,3,4);;;/q;;;;+2;2*+1/p-4. The smallest absolute Gasteiger partial charge is 0.550 e. The van der Waals surface area contributed by atoms with Crippen molar-refractivity contribution in [1.82, 2.24) is 0 Å². The summed E-state index contributed by atoms with van der Waals surface area (Å²) in [7, 11) is 0. The number of rotatable bonds is 0. The Morgan fingerprint density at radius 1 is 0.526 bits per heavy atom. The van der Waals surface area contributed by atoms with Gasteiger partial charge in [-0.05, 0) is 27.7 Å². The van der Waals surface area contributed by atoms with Crippen LogP contribution in [0.4, 0.5) is 0 Å². The molecule has 0 bridgehead atoms. The summed E-state index contributed by atoms with van der Waals surface area (Å²) < 4.78 is 0. The number of carboxylic acid groups (broad SMARTS) is 4. The number of hydrogen-bond acceptors (Lipinski definition) is 8. The molecule has 0 aromatic carbocycles. The second-order valence-electron chi connectivity index (χ2n) is 1.97. The van der Waals surface area contributed by atoms with Gasteiger partial charge in [0.05, 0.1) is 0 Å².